The maximum atomic E-state index is 5.83. The molecule has 0 radical (unpaired) electrons. The first kappa shape index (κ1) is 18.9. The number of aromatic nitrogens is 4. The van der Waals surface area contributed by atoms with E-state index in [2.05, 4.69) is 37.7 Å². The van der Waals surface area contributed by atoms with Crippen molar-refractivity contribution >= 4 is 10.9 Å². The third kappa shape index (κ3) is 3.58. The summed E-state index contributed by atoms with van der Waals surface area (Å²) >= 11 is 0. The van der Waals surface area contributed by atoms with Gasteiger partial charge < -0.3 is 13.7 Å². The van der Waals surface area contributed by atoms with Crippen molar-refractivity contribution in [1.29, 1.82) is 0 Å². The largest absolute Gasteiger partial charge is 0.463 e. The van der Waals surface area contributed by atoms with Crippen molar-refractivity contribution in [2.75, 3.05) is 6.61 Å². The van der Waals surface area contributed by atoms with E-state index in [-0.39, 0.29) is 0 Å². The van der Waals surface area contributed by atoms with Crippen LogP contribution in [-0.2, 0) is 19.4 Å². The van der Waals surface area contributed by atoms with E-state index >= 15 is 0 Å². The molecular formula is C24H26N4O2. The normalized spacial score (nSPS) is 13.5. The summed E-state index contributed by atoms with van der Waals surface area (Å²) in [5, 5.41) is 1.33. The van der Waals surface area contributed by atoms with Crippen LogP contribution in [0.25, 0.3) is 22.4 Å². The van der Waals surface area contributed by atoms with Gasteiger partial charge >= 0.3 is 6.01 Å². The number of fused-ring (bicyclic) bond motifs is 3. The van der Waals surface area contributed by atoms with Crippen molar-refractivity contribution in [2.45, 2.75) is 52.5 Å². The van der Waals surface area contributed by atoms with Gasteiger partial charge in [0.25, 0.3) is 0 Å². The summed E-state index contributed by atoms with van der Waals surface area (Å²) in [6.45, 7) is 5.46. The molecule has 0 unspecified atom stereocenters. The van der Waals surface area contributed by atoms with Crippen LogP contribution in [0.15, 0.2) is 41.1 Å². The van der Waals surface area contributed by atoms with Crippen LogP contribution in [0.1, 0.15) is 41.9 Å². The molecule has 0 saturated heterocycles. The van der Waals surface area contributed by atoms with E-state index in [1.165, 1.54) is 35.0 Å². The Kier molecular flexibility index (Phi) is 4.99. The van der Waals surface area contributed by atoms with E-state index in [4.69, 9.17) is 9.15 Å². The van der Waals surface area contributed by atoms with Gasteiger partial charge in [0, 0.05) is 40.1 Å². The number of nitrogens with zero attached hydrogens (tertiary/aromatic N) is 4. The first-order chi connectivity index (χ1) is 14.7. The molecular weight excluding hydrogens is 376 g/mol. The smallest absolute Gasteiger partial charge is 0.316 e. The second-order valence-corrected chi connectivity index (χ2v) is 7.99. The van der Waals surface area contributed by atoms with Gasteiger partial charge in [-0.3, -0.25) is 0 Å². The SMILES string of the molecule is Cc1cc(C)nc(OCCCn2c3c(c4cc(-c5ncco5)ccc42)CCCC3)n1. The number of ether oxygens (including phenoxy) is 1. The van der Waals surface area contributed by atoms with Gasteiger partial charge in [-0.25, -0.2) is 15.0 Å². The molecule has 0 aliphatic heterocycles. The lowest BCUT2D eigenvalue weighted by Crippen LogP contribution is -2.11. The molecule has 0 N–H and O–H groups in total. The van der Waals surface area contributed by atoms with Crippen LogP contribution >= 0.6 is 0 Å². The zero-order valence-corrected chi connectivity index (χ0v) is 17.5. The topological polar surface area (TPSA) is 66.0 Å². The van der Waals surface area contributed by atoms with E-state index in [0.717, 1.165) is 42.8 Å². The average molecular weight is 402 g/mol. The lowest BCUT2D eigenvalue weighted by atomic mass is 9.95. The first-order valence-corrected chi connectivity index (χ1v) is 10.7. The summed E-state index contributed by atoms with van der Waals surface area (Å²) < 4.78 is 13.8. The van der Waals surface area contributed by atoms with Gasteiger partial charge in [0.1, 0.15) is 6.26 Å². The summed E-state index contributed by atoms with van der Waals surface area (Å²) in [4.78, 5) is 13.0. The summed E-state index contributed by atoms with van der Waals surface area (Å²) in [7, 11) is 0. The lowest BCUT2D eigenvalue weighted by molar-refractivity contribution is 0.278. The second kappa shape index (κ2) is 7.94. The molecule has 6 heteroatoms. The number of aryl methyl sites for hydroxylation is 4. The molecule has 0 atom stereocenters. The van der Waals surface area contributed by atoms with Gasteiger partial charge in [0.2, 0.25) is 5.89 Å². The minimum atomic E-state index is 0.475. The quantitative estimate of drug-likeness (QED) is 0.422. The Labute approximate surface area is 175 Å². The Hall–Kier alpha value is -3.15. The van der Waals surface area contributed by atoms with Crippen LogP contribution in [0, 0.1) is 13.8 Å². The highest BCUT2D eigenvalue weighted by Crippen LogP contribution is 2.34. The highest BCUT2D eigenvalue weighted by atomic mass is 16.5. The molecule has 0 saturated carbocycles. The molecule has 0 spiro atoms. The van der Waals surface area contributed by atoms with E-state index in [0.29, 0.717) is 18.5 Å². The van der Waals surface area contributed by atoms with E-state index in [1.54, 1.807) is 12.5 Å². The predicted octanol–water partition coefficient (Wildman–Crippen LogP) is 5.05. The molecule has 1 aromatic carbocycles. The Bertz CT molecular complexity index is 1160. The van der Waals surface area contributed by atoms with Crippen LogP contribution in [-0.4, -0.2) is 26.1 Å². The molecule has 5 rings (SSSR count). The monoisotopic (exact) mass is 402 g/mol. The standard InChI is InChI=1S/C24H26N4O2/c1-16-14-17(2)27-24(26-16)30-12-5-11-28-21-7-4-3-6-19(21)20-15-18(8-9-22(20)28)23-25-10-13-29-23/h8-10,13-15H,3-7,11-12H2,1-2H3. The van der Waals surface area contributed by atoms with E-state index < -0.39 is 0 Å². The fourth-order valence-corrected chi connectivity index (χ4v) is 4.53. The minimum Gasteiger partial charge on any atom is -0.463 e. The summed E-state index contributed by atoms with van der Waals surface area (Å²) in [6, 6.07) is 8.98. The molecule has 3 aromatic heterocycles. The van der Waals surface area contributed by atoms with Gasteiger partial charge in [-0.2, -0.15) is 0 Å². The molecule has 0 fully saturated rings. The summed E-state index contributed by atoms with van der Waals surface area (Å²) in [6.07, 6.45) is 9.01. The van der Waals surface area contributed by atoms with Crippen molar-refractivity contribution in [3.8, 4) is 17.5 Å². The predicted molar refractivity (Wildman–Crippen MR) is 116 cm³/mol. The summed E-state index contributed by atoms with van der Waals surface area (Å²) in [5.74, 6) is 0.677. The molecule has 30 heavy (non-hydrogen) atoms. The van der Waals surface area contributed by atoms with Gasteiger partial charge in [0.05, 0.1) is 12.8 Å². The van der Waals surface area contributed by atoms with E-state index in [9.17, 15) is 0 Å². The van der Waals surface area contributed by atoms with Crippen molar-refractivity contribution in [1.82, 2.24) is 19.5 Å². The van der Waals surface area contributed by atoms with Gasteiger partial charge in [-0.05, 0) is 75.8 Å². The number of hydrogen-bond donors (Lipinski definition) is 0. The molecule has 0 amide bonds. The van der Waals surface area contributed by atoms with Gasteiger partial charge in [-0.1, -0.05) is 0 Å². The fourth-order valence-electron chi connectivity index (χ4n) is 4.53. The lowest BCUT2D eigenvalue weighted by Gasteiger charge is -2.16. The third-order valence-corrected chi connectivity index (χ3v) is 5.78. The van der Waals surface area contributed by atoms with Crippen molar-refractivity contribution < 1.29 is 9.15 Å². The molecule has 3 heterocycles. The van der Waals surface area contributed by atoms with Crippen LogP contribution in [0.4, 0.5) is 0 Å². The highest BCUT2D eigenvalue weighted by molar-refractivity contribution is 5.89. The second-order valence-electron chi connectivity index (χ2n) is 7.99. The highest BCUT2D eigenvalue weighted by Gasteiger charge is 2.20. The Morgan fingerprint density at radius 2 is 1.90 bits per heavy atom. The molecule has 4 aromatic rings. The molecule has 1 aliphatic rings. The van der Waals surface area contributed by atoms with Crippen LogP contribution in [0.3, 0.4) is 0 Å². The number of rotatable bonds is 6. The zero-order chi connectivity index (χ0) is 20.5. The molecule has 6 nitrogen and oxygen atoms in total. The molecule has 0 bridgehead atoms. The minimum absolute atomic E-state index is 0.475. The zero-order valence-electron chi connectivity index (χ0n) is 17.5. The van der Waals surface area contributed by atoms with Crippen molar-refractivity contribution in [3.05, 3.63) is 59.4 Å². The van der Waals surface area contributed by atoms with Crippen LogP contribution < -0.4 is 4.74 Å². The Morgan fingerprint density at radius 3 is 2.70 bits per heavy atom. The summed E-state index contributed by atoms with van der Waals surface area (Å²) in [5.41, 5.74) is 7.16. The van der Waals surface area contributed by atoms with Crippen molar-refractivity contribution in [2.24, 2.45) is 0 Å². The first-order valence-electron chi connectivity index (χ1n) is 10.7. The Balaban J connectivity index is 1.38. The fraction of sp³-hybridized carbons (Fsp3) is 0.375. The molecule has 154 valence electrons. The maximum Gasteiger partial charge on any atom is 0.316 e. The number of oxazole rings is 1. The maximum absolute atomic E-state index is 5.83. The van der Waals surface area contributed by atoms with Crippen LogP contribution in [0.5, 0.6) is 6.01 Å². The number of hydrogen-bond acceptors (Lipinski definition) is 5. The van der Waals surface area contributed by atoms with E-state index in [1.807, 2.05) is 19.9 Å². The molecule has 1 aliphatic carbocycles. The van der Waals surface area contributed by atoms with Crippen molar-refractivity contribution in [3.63, 3.8) is 0 Å². The third-order valence-electron chi connectivity index (χ3n) is 5.78. The average Bonchev–Trinajstić information content (AvgIpc) is 3.37. The van der Waals surface area contributed by atoms with Gasteiger partial charge in [-0.15, -0.1) is 0 Å². The van der Waals surface area contributed by atoms with Crippen LogP contribution in [0.2, 0.25) is 0 Å². The number of benzene rings is 1. The Morgan fingerprint density at radius 1 is 1.07 bits per heavy atom. The van der Waals surface area contributed by atoms with Gasteiger partial charge in [0.15, 0.2) is 0 Å².